The van der Waals surface area contributed by atoms with Crippen molar-refractivity contribution in [3.8, 4) is 5.69 Å². The Bertz CT molecular complexity index is 650. The van der Waals surface area contributed by atoms with Crippen LogP contribution in [0.3, 0.4) is 0 Å². The van der Waals surface area contributed by atoms with Crippen molar-refractivity contribution >= 4 is 11.7 Å². The number of nitrogens with zero attached hydrogens (tertiary/aromatic N) is 4. The summed E-state index contributed by atoms with van der Waals surface area (Å²) in [5, 5.41) is 18.2. The second kappa shape index (κ2) is 4.84. The van der Waals surface area contributed by atoms with Gasteiger partial charge in [-0.3, -0.25) is 10.1 Å². The molecule has 0 saturated heterocycles. The van der Waals surface area contributed by atoms with Crippen molar-refractivity contribution in [2.75, 3.05) is 7.11 Å². The minimum absolute atomic E-state index is 0.0629. The van der Waals surface area contributed by atoms with Gasteiger partial charge in [0.25, 0.3) is 5.69 Å². The first-order valence-electron chi connectivity index (χ1n) is 5.30. The predicted molar refractivity (Wildman–Crippen MR) is 64.1 cm³/mol. The summed E-state index contributed by atoms with van der Waals surface area (Å²) in [5.74, 6) is -0.603. The molecule has 0 spiro atoms. The first kappa shape index (κ1) is 12.7. The van der Waals surface area contributed by atoms with E-state index in [9.17, 15) is 14.9 Å². The lowest BCUT2D eigenvalue weighted by Crippen LogP contribution is -2.05. The van der Waals surface area contributed by atoms with E-state index in [-0.39, 0.29) is 11.4 Å². The fraction of sp³-hybridized carbons (Fsp3) is 0.182. The van der Waals surface area contributed by atoms with E-state index in [1.165, 1.54) is 30.0 Å². The highest BCUT2D eigenvalue weighted by Crippen LogP contribution is 2.18. The maximum atomic E-state index is 11.4. The number of hydrogen-bond acceptors (Lipinski definition) is 6. The third-order valence-corrected chi connectivity index (χ3v) is 2.56. The Hall–Kier alpha value is -2.77. The molecule has 0 atom stereocenters. The molecular weight excluding hydrogens is 252 g/mol. The first-order chi connectivity index (χ1) is 9.04. The minimum Gasteiger partial charge on any atom is -0.464 e. The molecule has 0 fully saturated rings. The number of carbonyl (C=O) groups excluding carboxylic acids is 1. The molecule has 98 valence electrons. The van der Waals surface area contributed by atoms with Crippen LogP contribution in [0, 0.1) is 17.0 Å². The number of benzene rings is 1. The number of carbonyl (C=O) groups is 1. The van der Waals surface area contributed by atoms with Crippen LogP contribution in [0.2, 0.25) is 0 Å². The van der Waals surface area contributed by atoms with E-state index in [0.29, 0.717) is 11.4 Å². The maximum Gasteiger partial charge on any atom is 0.360 e. The summed E-state index contributed by atoms with van der Waals surface area (Å²) in [6.45, 7) is 1.63. The third kappa shape index (κ3) is 2.28. The third-order valence-electron chi connectivity index (χ3n) is 2.56. The Morgan fingerprint density at radius 2 is 2.21 bits per heavy atom. The van der Waals surface area contributed by atoms with Gasteiger partial charge >= 0.3 is 5.97 Å². The Kier molecular flexibility index (Phi) is 3.23. The Morgan fingerprint density at radius 3 is 2.84 bits per heavy atom. The normalized spacial score (nSPS) is 10.2. The molecule has 1 heterocycles. The lowest BCUT2D eigenvalue weighted by Gasteiger charge is -2.03. The lowest BCUT2D eigenvalue weighted by atomic mass is 10.2. The number of rotatable bonds is 3. The zero-order chi connectivity index (χ0) is 14.0. The monoisotopic (exact) mass is 262 g/mol. The number of methoxy groups -OCH3 is 1. The summed E-state index contributed by atoms with van der Waals surface area (Å²) in [6.07, 6.45) is 0. The Morgan fingerprint density at radius 1 is 1.47 bits per heavy atom. The van der Waals surface area contributed by atoms with Gasteiger partial charge in [0.1, 0.15) is 0 Å². The summed E-state index contributed by atoms with van der Waals surface area (Å²) in [4.78, 5) is 21.6. The average Bonchev–Trinajstić information content (AvgIpc) is 2.80. The zero-order valence-corrected chi connectivity index (χ0v) is 10.2. The molecule has 8 heteroatoms. The SMILES string of the molecule is COC(=O)c1nnn(-c2cccc([N+](=O)[O-])c2)c1C. The van der Waals surface area contributed by atoms with Crippen molar-refractivity contribution < 1.29 is 14.5 Å². The van der Waals surface area contributed by atoms with E-state index in [4.69, 9.17) is 0 Å². The molecule has 1 aromatic carbocycles. The van der Waals surface area contributed by atoms with Crippen LogP contribution in [0.15, 0.2) is 24.3 Å². The number of non-ortho nitro benzene ring substituents is 1. The minimum atomic E-state index is -0.603. The molecule has 0 N–H and O–H groups in total. The van der Waals surface area contributed by atoms with Gasteiger partial charge < -0.3 is 4.74 Å². The quantitative estimate of drug-likeness (QED) is 0.469. The van der Waals surface area contributed by atoms with E-state index in [2.05, 4.69) is 15.0 Å². The van der Waals surface area contributed by atoms with Crippen LogP contribution in [-0.4, -0.2) is 33.0 Å². The van der Waals surface area contributed by atoms with Crippen molar-refractivity contribution in [3.63, 3.8) is 0 Å². The highest BCUT2D eigenvalue weighted by atomic mass is 16.6. The zero-order valence-electron chi connectivity index (χ0n) is 10.2. The molecule has 0 saturated carbocycles. The number of ether oxygens (including phenoxy) is 1. The summed E-state index contributed by atoms with van der Waals surface area (Å²) < 4.78 is 5.91. The first-order valence-corrected chi connectivity index (χ1v) is 5.30. The van der Waals surface area contributed by atoms with Crippen molar-refractivity contribution in [1.82, 2.24) is 15.0 Å². The van der Waals surface area contributed by atoms with Crippen molar-refractivity contribution in [2.24, 2.45) is 0 Å². The van der Waals surface area contributed by atoms with Gasteiger partial charge in [-0.1, -0.05) is 11.3 Å². The molecule has 2 aromatic rings. The topological polar surface area (TPSA) is 100 Å². The van der Waals surface area contributed by atoms with E-state index in [0.717, 1.165) is 0 Å². The van der Waals surface area contributed by atoms with Crippen LogP contribution in [0.25, 0.3) is 5.69 Å². The number of aromatic nitrogens is 3. The lowest BCUT2D eigenvalue weighted by molar-refractivity contribution is -0.384. The van der Waals surface area contributed by atoms with Gasteiger partial charge in [-0.15, -0.1) is 5.10 Å². The predicted octanol–water partition coefficient (Wildman–Crippen LogP) is 1.27. The van der Waals surface area contributed by atoms with Crippen LogP contribution in [0.4, 0.5) is 5.69 Å². The maximum absolute atomic E-state index is 11.4. The van der Waals surface area contributed by atoms with E-state index in [1.807, 2.05) is 0 Å². The highest BCUT2D eigenvalue weighted by molar-refractivity contribution is 5.88. The van der Waals surface area contributed by atoms with Crippen molar-refractivity contribution in [3.05, 3.63) is 45.8 Å². The fourth-order valence-electron chi connectivity index (χ4n) is 1.60. The molecule has 0 aliphatic carbocycles. The van der Waals surface area contributed by atoms with Crippen LogP contribution in [-0.2, 0) is 4.74 Å². The van der Waals surface area contributed by atoms with Crippen LogP contribution < -0.4 is 0 Å². The van der Waals surface area contributed by atoms with Gasteiger partial charge in [0.15, 0.2) is 5.69 Å². The molecule has 0 radical (unpaired) electrons. The standard InChI is InChI=1S/C11H10N4O4/c1-7-10(11(16)19-2)12-13-14(7)8-4-3-5-9(6-8)15(17)18/h3-6H,1-2H3. The fourth-order valence-corrected chi connectivity index (χ4v) is 1.60. The number of hydrogen-bond donors (Lipinski definition) is 0. The summed E-state index contributed by atoms with van der Waals surface area (Å²) in [7, 11) is 1.24. The molecule has 19 heavy (non-hydrogen) atoms. The van der Waals surface area contributed by atoms with Gasteiger partial charge in [-0.25, -0.2) is 9.48 Å². The van der Waals surface area contributed by atoms with Crippen molar-refractivity contribution in [1.29, 1.82) is 0 Å². The molecule has 0 amide bonds. The van der Waals surface area contributed by atoms with E-state index >= 15 is 0 Å². The number of nitro benzene ring substituents is 1. The highest BCUT2D eigenvalue weighted by Gasteiger charge is 2.18. The largest absolute Gasteiger partial charge is 0.464 e. The summed E-state index contributed by atoms with van der Waals surface area (Å²) in [6, 6.07) is 5.89. The molecule has 0 bridgehead atoms. The van der Waals surface area contributed by atoms with Gasteiger partial charge in [0, 0.05) is 12.1 Å². The molecule has 8 nitrogen and oxygen atoms in total. The van der Waals surface area contributed by atoms with Gasteiger partial charge in [0.2, 0.25) is 0 Å². The number of nitro groups is 1. The molecule has 0 unspecified atom stereocenters. The van der Waals surface area contributed by atoms with Crippen LogP contribution >= 0.6 is 0 Å². The number of esters is 1. The second-order valence-corrected chi connectivity index (χ2v) is 3.70. The van der Waals surface area contributed by atoms with E-state index < -0.39 is 10.9 Å². The molecular formula is C11H10N4O4. The average molecular weight is 262 g/mol. The Labute approximate surface area is 107 Å². The van der Waals surface area contributed by atoms with Crippen molar-refractivity contribution in [2.45, 2.75) is 6.92 Å². The van der Waals surface area contributed by atoms with Gasteiger partial charge in [0.05, 0.1) is 23.4 Å². The van der Waals surface area contributed by atoms with Crippen LogP contribution in [0.1, 0.15) is 16.2 Å². The Balaban J connectivity index is 2.48. The molecule has 0 aliphatic rings. The van der Waals surface area contributed by atoms with E-state index in [1.54, 1.807) is 13.0 Å². The van der Waals surface area contributed by atoms with Gasteiger partial charge in [-0.05, 0) is 13.0 Å². The smallest absolute Gasteiger partial charge is 0.360 e. The van der Waals surface area contributed by atoms with Gasteiger partial charge in [-0.2, -0.15) is 0 Å². The molecule has 2 rings (SSSR count). The second-order valence-electron chi connectivity index (χ2n) is 3.70. The van der Waals surface area contributed by atoms with Crippen LogP contribution in [0.5, 0.6) is 0 Å². The molecule has 1 aromatic heterocycles. The summed E-state index contributed by atoms with van der Waals surface area (Å²) in [5.41, 5.74) is 0.919. The molecule has 0 aliphatic heterocycles. The summed E-state index contributed by atoms with van der Waals surface area (Å²) >= 11 is 0.